The van der Waals surface area contributed by atoms with Crippen molar-refractivity contribution in [2.45, 2.75) is 39.0 Å². The molecule has 1 aromatic rings. The van der Waals surface area contributed by atoms with Crippen molar-refractivity contribution in [2.24, 2.45) is 10.9 Å². The zero-order valence-corrected chi connectivity index (χ0v) is 10.4. The van der Waals surface area contributed by atoms with E-state index in [1.807, 2.05) is 0 Å². The molecule has 2 heterocycles. The quantitative estimate of drug-likeness (QED) is 0.832. The number of hydrogen-bond donors (Lipinski definition) is 1. The van der Waals surface area contributed by atoms with E-state index < -0.39 is 0 Å². The van der Waals surface area contributed by atoms with E-state index in [-0.39, 0.29) is 0 Å². The largest absolute Gasteiger partial charge is 0.348 e. The predicted octanol–water partition coefficient (Wildman–Crippen LogP) is 2.83. The van der Waals surface area contributed by atoms with Crippen LogP contribution in [-0.4, -0.2) is 22.2 Å². The number of H-pyrrole nitrogens is 1. The molecule has 3 nitrogen and oxygen atoms in total. The maximum atomic E-state index is 4.67. The average Bonchev–Trinajstić information content (AvgIpc) is 2.75. The highest BCUT2D eigenvalue weighted by Crippen LogP contribution is 2.30. The number of aromatic nitrogens is 2. The molecule has 2 aliphatic rings. The van der Waals surface area contributed by atoms with Crippen molar-refractivity contribution >= 4 is 5.71 Å². The first kappa shape index (κ1) is 10.8. The second kappa shape index (κ2) is 4.47. The molecule has 0 saturated heterocycles. The predicted molar refractivity (Wildman–Crippen MR) is 69.4 cm³/mol. The van der Waals surface area contributed by atoms with Crippen LogP contribution < -0.4 is 0 Å². The van der Waals surface area contributed by atoms with Crippen LogP contribution in [0.1, 0.15) is 37.1 Å². The standard InChI is InChI=1S/C14H19N3/c1-10-13(17-9-16-10)7-11-4-5-12-3-2-6-15-14(12)8-11/h3,9,11H,2,4-8H2,1H3,(H,16,17). The van der Waals surface area contributed by atoms with Gasteiger partial charge in [-0.3, -0.25) is 4.99 Å². The topological polar surface area (TPSA) is 41.0 Å². The van der Waals surface area contributed by atoms with Crippen molar-refractivity contribution in [1.82, 2.24) is 9.97 Å². The molecule has 1 saturated carbocycles. The molecule has 90 valence electrons. The van der Waals surface area contributed by atoms with Gasteiger partial charge in [-0.1, -0.05) is 6.08 Å². The highest BCUT2D eigenvalue weighted by molar-refractivity contribution is 6.01. The molecule has 0 amide bonds. The van der Waals surface area contributed by atoms with Crippen molar-refractivity contribution in [3.63, 3.8) is 0 Å². The second-order valence-corrected chi connectivity index (χ2v) is 5.13. The zero-order chi connectivity index (χ0) is 11.7. The Morgan fingerprint density at radius 2 is 2.41 bits per heavy atom. The number of hydrogen-bond acceptors (Lipinski definition) is 2. The number of imidazole rings is 1. The number of allylic oxidation sites excluding steroid dienone is 1. The Morgan fingerprint density at radius 1 is 1.47 bits per heavy atom. The highest BCUT2D eigenvalue weighted by Gasteiger charge is 2.24. The SMILES string of the molecule is Cc1[nH]cnc1CC1CCC2=CCCN=C2C1. The van der Waals surface area contributed by atoms with E-state index in [2.05, 4.69) is 28.0 Å². The minimum absolute atomic E-state index is 0.728. The summed E-state index contributed by atoms with van der Waals surface area (Å²) >= 11 is 0. The summed E-state index contributed by atoms with van der Waals surface area (Å²) in [6.45, 7) is 3.10. The van der Waals surface area contributed by atoms with Crippen LogP contribution >= 0.6 is 0 Å². The van der Waals surface area contributed by atoms with Gasteiger partial charge in [0.15, 0.2) is 0 Å². The van der Waals surface area contributed by atoms with Crippen molar-refractivity contribution in [3.05, 3.63) is 29.4 Å². The molecule has 1 atom stereocenters. The Bertz CT molecular complexity index is 468. The summed E-state index contributed by atoms with van der Waals surface area (Å²) in [5, 5.41) is 0. The van der Waals surface area contributed by atoms with Crippen LogP contribution in [0.25, 0.3) is 0 Å². The minimum Gasteiger partial charge on any atom is -0.348 e. The molecular weight excluding hydrogens is 210 g/mol. The number of fused-ring (bicyclic) bond motifs is 1. The highest BCUT2D eigenvalue weighted by atomic mass is 14.9. The van der Waals surface area contributed by atoms with E-state index in [0.717, 1.165) is 31.7 Å². The second-order valence-electron chi connectivity index (χ2n) is 5.13. The minimum atomic E-state index is 0.728. The van der Waals surface area contributed by atoms with Gasteiger partial charge in [-0.05, 0) is 50.5 Å². The van der Waals surface area contributed by atoms with Crippen LogP contribution in [0.2, 0.25) is 0 Å². The molecule has 0 spiro atoms. The lowest BCUT2D eigenvalue weighted by atomic mass is 9.80. The molecule has 17 heavy (non-hydrogen) atoms. The maximum Gasteiger partial charge on any atom is 0.0925 e. The normalized spacial score (nSPS) is 23.9. The third-order valence-corrected chi connectivity index (χ3v) is 3.91. The summed E-state index contributed by atoms with van der Waals surface area (Å²) in [7, 11) is 0. The molecule has 1 aliphatic heterocycles. The Morgan fingerprint density at radius 3 is 3.24 bits per heavy atom. The summed E-state index contributed by atoms with van der Waals surface area (Å²) in [5.41, 5.74) is 5.35. The lowest BCUT2D eigenvalue weighted by Gasteiger charge is -2.27. The van der Waals surface area contributed by atoms with Gasteiger partial charge < -0.3 is 4.98 Å². The van der Waals surface area contributed by atoms with Crippen LogP contribution in [0.3, 0.4) is 0 Å². The number of nitrogens with one attached hydrogen (secondary N) is 1. The van der Waals surface area contributed by atoms with Gasteiger partial charge in [0.05, 0.1) is 12.0 Å². The molecule has 0 radical (unpaired) electrons. The molecule has 3 rings (SSSR count). The van der Waals surface area contributed by atoms with Crippen molar-refractivity contribution in [1.29, 1.82) is 0 Å². The third-order valence-electron chi connectivity index (χ3n) is 3.91. The number of dihydropyridines is 1. The van der Waals surface area contributed by atoms with Crippen LogP contribution in [0.4, 0.5) is 0 Å². The fraction of sp³-hybridized carbons (Fsp3) is 0.571. The summed E-state index contributed by atoms with van der Waals surface area (Å²) < 4.78 is 0. The van der Waals surface area contributed by atoms with Crippen LogP contribution in [-0.2, 0) is 6.42 Å². The number of aryl methyl sites for hydroxylation is 1. The van der Waals surface area contributed by atoms with Crippen LogP contribution in [0.15, 0.2) is 23.0 Å². The summed E-state index contributed by atoms with van der Waals surface area (Å²) in [6.07, 6.45) is 10.1. The van der Waals surface area contributed by atoms with E-state index in [4.69, 9.17) is 0 Å². The third kappa shape index (κ3) is 2.19. The lowest BCUT2D eigenvalue weighted by Crippen LogP contribution is -2.22. The average molecular weight is 229 g/mol. The van der Waals surface area contributed by atoms with Crippen molar-refractivity contribution in [3.8, 4) is 0 Å². The van der Waals surface area contributed by atoms with Gasteiger partial charge in [-0.2, -0.15) is 0 Å². The van der Waals surface area contributed by atoms with Gasteiger partial charge >= 0.3 is 0 Å². The van der Waals surface area contributed by atoms with Crippen molar-refractivity contribution in [2.75, 3.05) is 6.54 Å². The van der Waals surface area contributed by atoms with Gasteiger partial charge in [-0.15, -0.1) is 0 Å². The molecular formula is C14H19N3. The first-order valence-corrected chi connectivity index (χ1v) is 6.54. The van der Waals surface area contributed by atoms with Gasteiger partial charge in [0.25, 0.3) is 0 Å². The molecule has 1 unspecified atom stereocenters. The molecule has 0 aromatic carbocycles. The number of rotatable bonds is 2. The first-order valence-electron chi connectivity index (χ1n) is 6.54. The van der Waals surface area contributed by atoms with E-state index in [1.54, 1.807) is 6.33 Å². The molecule has 1 aliphatic carbocycles. The summed E-state index contributed by atoms with van der Waals surface area (Å²) in [6, 6.07) is 0. The van der Waals surface area contributed by atoms with Crippen LogP contribution in [0.5, 0.6) is 0 Å². The Kier molecular flexibility index (Phi) is 2.83. The number of aromatic amines is 1. The van der Waals surface area contributed by atoms with E-state index in [1.165, 1.54) is 35.5 Å². The Balaban J connectivity index is 1.69. The summed E-state index contributed by atoms with van der Waals surface area (Å²) in [5.74, 6) is 0.728. The van der Waals surface area contributed by atoms with Crippen LogP contribution in [0, 0.1) is 12.8 Å². The molecule has 0 bridgehead atoms. The monoisotopic (exact) mass is 229 g/mol. The van der Waals surface area contributed by atoms with Gasteiger partial charge in [0, 0.05) is 18.0 Å². The van der Waals surface area contributed by atoms with E-state index >= 15 is 0 Å². The van der Waals surface area contributed by atoms with Gasteiger partial charge in [0.2, 0.25) is 0 Å². The smallest absolute Gasteiger partial charge is 0.0925 e. The zero-order valence-electron chi connectivity index (χ0n) is 10.4. The molecule has 1 aromatic heterocycles. The van der Waals surface area contributed by atoms with Gasteiger partial charge in [0.1, 0.15) is 0 Å². The van der Waals surface area contributed by atoms with E-state index in [9.17, 15) is 0 Å². The Hall–Kier alpha value is -1.38. The fourth-order valence-electron chi connectivity index (χ4n) is 2.88. The number of aliphatic imine (C=N–C) groups is 1. The van der Waals surface area contributed by atoms with Crippen molar-refractivity contribution < 1.29 is 0 Å². The van der Waals surface area contributed by atoms with E-state index in [0.29, 0.717) is 0 Å². The fourth-order valence-corrected chi connectivity index (χ4v) is 2.88. The maximum absolute atomic E-state index is 4.67. The Labute approximate surface area is 102 Å². The molecule has 1 fully saturated rings. The molecule has 3 heteroatoms. The van der Waals surface area contributed by atoms with Gasteiger partial charge in [-0.25, -0.2) is 4.98 Å². The first-order chi connectivity index (χ1) is 8.33. The molecule has 1 N–H and O–H groups in total. The number of nitrogens with zero attached hydrogens (tertiary/aromatic N) is 2. The lowest BCUT2D eigenvalue weighted by molar-refractivity contribution is 0.477. The summed E-state index contributed by atoms with van der Waals surface area (Å²) in [4.78, 5) is 12.2.